The van der Waals surface area contributed by atoms with Crippen LogP contribution in [0.2, 0.25) is 0 Å². The smallest absolute Gasteiger partial charge is 0.293 e. The van der Waals surface area contributed by atoms with E-state index >= 15 is 0 Å². The van der Waals surface area contributed by atoms with Crippen molar-refractivity contribution in [2.75, 3.05) is 68.7 Å². The summed E-state index contributed by atoms with van der Waals surface area (Å²) in [6, 6.07) is 30.2. The van der Waals surface area contributed by atoms with Gasteiger partial charge in [0.25, 0.3) is 5.69 Å². The van der Waals surface area contributed by atoms with E-state index < -0.39 is 22.1 Å². The predicted octanol–water partition coefficient (Wildman–Crippen LogP) is 9.81. The van der Waals surface area contributed by atoms with Crippen LogP contribution in [0.4, 0.5) is 21.5 Å². The van der Waals surface area contributed by atoms with Gasteiger partial charge in [-0.2, -0.15) is 5.48 Å². The Morgan fingerprint density at radius 2 is 1.71 bits per heavy atom. The van der Waals surface area contributed by atoms with E-state index in [1.54, 1.807) is 54.3 Å². The molecule has 65 heavy (non-hydrogen) atoms. The minimum Gasteiger partial charge on any atom is -0.406 e. The van der Waals surface area contributed by atoms with Gasteiger partial charge < -0.3 is 29.2 Å². The van der Waals surface area contributed by atoms with Crippen molar-refractivity contribution in [3.63, 3.8) is 0 Å². The van der Waals surface area contributed by atoms with Crippen molar-refractivity contribution >= 4 is 45.4 Å². The summed E-state index contributed by atoms with van der Waals surface area (Å²) in [6.45, 7) is 8.67. The number of nitrogens with one attached hydrogen (secondary N) is 3. The number of allylic oxidation sites excluding steroid dienone is 6. The van der Waals surface area contributed by atoms with Crippen LogP contribution in [0.3, 0.4) is 0 Å². The lowest BCUT2D eigenvalue weighted by molar-refractivity contribution is -0.384. The maximum atomic E-state index is 14.5. The molecule has 2 atom stereocenters. The first-order valence-corrected chi connectivity index (χ1v) is 24.2. The summed E-state index contributed by atoms with van der Waals surface area (Å²) in [4.78, 5) is 24.3. The van der Waals surface area contributed by atoms with Gasteiger partial charge >= 0.3 is 0 Å². The first-order chi connectivity index (χ1) is 31.7. The average molecular weight is 912 g/mol. The maximum absolute atomic E-state index is 14.5. The Labute approximate surface area is 387 Å². The molecule has 0 spiro atoms. The van der Waals surface area contributed by atoms with Crippen LogP contribution in [0.5, 0.6) is 5.75 Å². The van der Waals surface area contributed by atoms with Crippen molar-refractivity contribution in [2.24, 2.45) is 0 Å². The lowest BCUT2D eigenvalue weighted by Gasteiger charge is -2.32. The maximum Gasteiger partial charge on any atom is 0.293 e. The van der Waals surface area contributed by atoms with Crippen molar-refractivity contribution in [1.82, 2.24) is 19.8 Å². The molecular weight excluding hydrogens is 858 g/mol. The second kappa shape index (κ2) is 21.8. The molecule has 14 heteroatoms. The van der Waals surface area contributed by atoms with Gasteiger partial charge in [-0.25, -0.2) is 8.60 Å². The number of piperazine rings is 1. The molecule has 2 aliphatic carbocycles. The number of aromatic nitrogens is 1. The normalized spacial score (nSPS) is 16.8. The van der Waals surface area contributed by atoms with Crippen LogP contribution in [-0.4, -0.2) is 88.3 Å². The number of alkyl halides is 1. The number of hydrogen-bond acceptors (Lipinski definition) is 9. The van der Waals surface area contributed by atoms with Crippen LogP contribution in [0.15, 0.2) is 137 Å². The topological polar surface area (TPSA) is 117 Å². The van der Waals surface area contributed by atoms with Crippen molar-refractivity contribution < 1.29 is 18.4 Å². The number of rotatable bonds is 18. The first-order valence-electron chi connectivity index (χ1n) is 22.1. The van der Waals surface area contributed by atoms with Gasteiger partial charge in [0.1, 0.15) is 11.9 Å². The van der Waals surface area contributed by atoms with Gasteiger partial charge in [0, 0.05) is 78.8 Å². The molecule has 0 bridgehead atoms. The Bertz CT molecular complexity index is 2640. The minimum absolute atomic E-state index is 0.137. The number of halogens is 1. The third-order valence-electron chi connectivity index (χ3n) is 11.5. The highest BCUT2D eigenvalue weighted by molar-refractivity contribution is 7.99. The summed E-state index contributed by atoms with van der Waals surface area (Å²) < 4.78 is 33.2. The molecule has 336 valence electrons. The van der Waals surface area contributed by atoms with E-state index in [1.807, 2.05) is 66.7 Å². The molecule has 2 unspecified atom stereocenters. The zero-order valence-corrected chi connectivity index (χ0v) is 38.3. The van der Waals surface area contributed by atoms with Gasteiger partial charge in [-0.05, 0) is 124 Å². The molecule has 1 aliphatic heterocycles. The van der Waals surface area contributed by atoms with E-state index in [0.717, 1.165) is 108 Å². The number of nitro groups is 1. The number of hydroxylamine groups is 1. The Kier molecular flexibility index (Phi) is 15.3. The highest BCUT2D eigenvalue weighted by Crippen LogP contribution is 2.49. The fraction of sp³-hybridized carbons (Fsp3) is 0.294. The average Bonchev–Trinajstić information content (AvgIpc) is 4.15. The van der Waals surface area contributed by atoms with Gasteiger partial charge in [0.05, 0.1) is 26.8 Å². The van der Waals surface area contributed by atoms with Crippen LogP contribution in [0, 0.1) is 28.9 Å². The third-order valence-corrected chi connectivity index (χ3v) is 13.7. The van der Waals surface area contributed by atoms with Crippen LogP contribution >= 0.6 is 11.8 Å². The van der Waals surface area contributed by atoms with Gasteiger partial charge in [0.2, 0.25) is 0 Å². The number of hydrogen-bond donors (Lipinski definition) is 3. The SMILES string of the molecule is Cc1c(ONCCCN2CCN(C)CC2)c(-c2cccc(C#Cc3ccc(NS(=O)c4ccc(NCCSc5ccccc5)c([N+](=O)[O-])c4)cc3)c2)c(C2=CC=CC(F)C=C2)n1C1CC1. The minimum atomic E-state index is -1.75. The molecule has 1 aromatic heterocycles. The number of anilines is 2. The molecule has 3 N–H and O–H groups in total. The summed E-state index contributed by atoms with van der Waals surface area (Å²) in [5.41, 5.74) is 10.5. The van der Waals surface area contributed by atoms with Crippen molar-refractivity contribution in [3.8, 4) is 28.7 Å². The highest BCUT2D eigenvalue weighted by atomic mass is 32.2. The molecule has 0 amide bonds. The molecule has 1 saturated heterocycles. The number of likely N-dealkylation sites (N-methyl/N-ethyl adjacent to an activating group) is 1. The van der Waals surface area contributed by atoms with E-state index in [2.05, 4.69) is 67.8 Å². The Morgan fingerprint density at radius 3 is 2.48 bits per heavy atom. The molecule has 0 radical (unpaired) electrons. The molecule has 2 fully saturated rings. The number of nitrogens with zero attached hydrogens (tertiary/aromatic N) is 4. The largest absolute Gasteiger partial charge is 0.406 e. The van der Waals surface area contributed by atoms with Gasteiger partial charge in [0.15, 0.2) is 16.7 Å². The van der Waals surface area contributed by atoms with Crippen LogP contribution in [0.1, 0.15) is 47.8 Å². The Morgan fingerprint density at radius 1 is 0.923 bits per heavy atom. The van der Waals surface area contributed by atoms with Crippen LogP contribution in [-0.2, 0) is 11.0 Å². The molecule has 1 saturated carbocycles. The van der Waals surface area contributed by atoms with Crippen LogP contribution < -0.4 is 20.4 Å². The summed E-state index contributed by atoms with van der Waals surface area (Å²) in [5.74, 6) is 8.08. The summed E-state index contributed by atoms with van der Waals surface area (Å²) in [7, 11) is 0.421. The van der Waals surface area contributed by atoms with E-state index in [9.17, 15) is 18.7 Å². The number of thioether (sulfide) groups is 1. The fourth-order valence-electron chi connectivity index (χ4n) is 7.94. The number of nitro benzene ring substituents is 1. The van der Waals surface area contributed by atoms with Crippen molar-refractivity contribution in [3.05, 3.63) is 160 Å². The first kappa shape index (κ1) is 45.6. The predicted molar refractivity (Wildman–Crippen MR) is 262 cm³/mol. The molecule has 2 heterocycles. The summed E-state index contributed by atoms with van der Waals surface area (Å²) in [6.07, 6.45) is 10.7. The second-order valence-corrected chi connectivity index (χ2v) is 18.7. The standard InChI is InChI=1S/C51H54FN7O4S2/c1-37-51(63-54-27-8-29-57-32-30-56(2)31-33-57)49(50(58(37)44-23-24-44)40-10-7-12-42(52)20-19-40)41-11-6-9-39(35-41)16-15-38-17-21-43(22-18-38)55-65(62)46-25-26-47(48(36-46)59(60)61)53-28-34-64-45-13-4-3-5-14-45/h3-7,9-14,17-22,25-26,35-36,42,44,53-55H,8,23-24,27-34H2,1-2H3. The van der Waals surface area contributed by atoms with E-state index in [4.69, 9.17) is 4.84 Å². The Hall–Kier alpha value is -5.95. The van der Waals surface area contributed by atoms with Crippen molar-refractivity contribution in [1.29, 1.82) is 0 Å². The fourth-order valence-corrected chi connectivity index (χ4v) is 9.61. The molecule has 5 aromatic rings. The van der Waals surface area contributed by atoms with E-state index in [1.165, 1.54) is 6.07 Å². The van der Waals surface area contributed by atoms with Crippen LogP contribution in [0.25, 0.3) is 16.7 Å². The monoisotopic (exact) mass is 911 g/mol. The molecule has 8 rings (SSSR count). The molecule has 4 aromatic carbocycles. The number of benzene rings is 4. The summed E-state index contributed by atoms with van der Waals surface area (Å²) >= 11 is 1.66. The Balaban J connectivity index is 0.963. The van der Waals surface area contributed by atoms with Gasteiger partial charge in [-0.15, -0.1) is 11.8 Å². The van der Waals surface area contributed by atoms with E-state index in [0.29, 0.717) is 30.5 Å². The molecular formula is C51H54FN7O4S2. The van der Waals surface area contributed by atoms with Crippen molar-refractivity contribution in [2.45, 2.75) is 48.2 Å². The zero-order valence-electron chi connectivity index (χ0n) is 36.7. The quantitative estimate of drug-likeness (QED) is 0.0260. The third kappa shape index (κ3) is 12.0. The van der Waals surface area contributed by atoms with E-state index in [-0.39, 0.29) is 10.6 Å². The lowest BCUT2D eigenvalue weighted by atomic mass is 9.98. The highest BCUT2D eigenvalue weighted by Gasteiger charge is 2.34. The van der Waals surface area contributed by atoms with Gasteiger partial charge in [-0.1, -0.05) is 60.4 Å². The lowest BCUT2D eigenvalue weighted by Crippen LogP contribution is -2.45. The molecule has 11 nitrogen and oxygen atoms in total. The zero-order chi connectivity index (χ0) is 45.1. The molecule has 3 aliphatic rings. The summed E-state index contributed by atoms with van der Waals surface area (Å²) in [5, 5.41) is 15.1. The second-order valence-electron chi connectivity index (χ2n) is 16.3. The van der Waals surface area contributed by atoms with Gasteiger partial charge in [-0.3, -0.25) is 10.1 Å².